The lowest BCUT2D eigenvalue weighted by molar-refractivity contribution is 0.0992. The standard InChI is InChI=1S/C14H8Cl2F2O/c15-10-4-2-1-3-8(10)5-14(19)9-6-12(17)13(18)7-11(9)16/h1-4,6-7H,5H2. The molecule has 0 aliphatic carbocycles. The molecule has 98 valence electrons. The number of ketones is 1. The summed E-state index contributed by atoms with van der Waals surface area (Å²) >= 11 is 11.7. The third-order valence-corrected chi connectivity index (χ3v) is 3.30. The summed E-state index contributed by atoms with van der Waals surface area (Å²) < 4.78 is 26.0. The second-order valence-corrected chi connectivity index (χ2v) is 4.75. The highest BCUT2D eigenvalue weighted by Crippen LogP contribution is 2.23. The predicted molar refractivity (Wildman–Crippen MR) is 70.9 cm³/mol. The smallest absolute Gasteiger partial charge is 0.168 e. The lowest BCUT2D eigenvalue weighted by atomic mass is 10.0. The molecule has 2 rings (SSSR count). The van der Waals surface area contributed by atoms with Crippen LogP contribution in [0.5, 0.6) is 0 Å². The third kappa shape index (κ3) is 3.11. The van der Waals surface area contributed by atoms with Gasteiger partial charge in [0.2, 0.25) is 0 Å². The summed E-state index contributed by atoms with van der Waals surface area (Å²) in [4.78, 5) is 12.0. The summed E-state index contributed by atoms with van der Waals surface area (Å²) in [6.45, 7) is 0. The molecule has 0 aliphatic rings. The van der Waals surface area contributed by atoms with E-state index in [2.05, 4.69) is 0 Å². The fourth-order valence-electron chi connectivity index (χ4n) is 1.65. The maximum absolute atomic E-state index is 13.1. The Hall–Kier alpha value is -1.45. The molecule has 0 aromatic heterocycles. The molecule has 2 aromatic carbocycles. The molecule has 0 amide bonds. The van der Waals surface area contributed by atoms with Crippen LogP contribution in [0, 0.1) is 11.6 Å². The Morgan fingerprint density at radius 1 is 1.00 bits per heavy atom. The van der Waals surface area contributed by atoms with Gasteiger partial charge in [0.05, 0.1) is 5.02 Å². The molecule has 0 atom stereocenters. The number of benzene rings is 2. The molecule has 0 heterocycles. The lowest BCUT2D eigenvalue weighted by Crippen LogP contribution is -2.06. The van der Waals surface area contributed by atoms with Crippen molar-refractivity contribution in [3.05, 3.63) is 69.2 Å². The molecule has 5 heteroatoms. The van der Waals surface area contributed by atoms with E-state index in [0.29, 0.717) is 10.6 Å². The van der Waals surface area contributed by atoms with Gasteiger partial charge in [0, 0.05) is 17.0 Å². The number of hydrogen-bond donors (Lipinski definition) is 0. The summed E-state index contributed by atoms with van der Waals surface area (Å²) in [7, 11) is 0. The third-order valence-electron chi connectivity index (χ3n) is 2.62. The van der Waals surface area contributed by atoms with E-state index in [0.717, 1.165) is 12.1 Å². The Kier molecular flexibility index (Phi) is 4.17. The number of rotatable bonds is 3. The normalized spacial score (nSPS) is 10.5. The first-order chi connectivity index (χ1) is 8.99. The van der Waals surface area contributed by atoms with Crippen LogP contribution < -0.4 is 0 Å². The van der Waals surface area contributed by atoms with Gasteiger partial charge in [0.25, 0.3) is 0 Å². The van der Waals surface area contributed by atoms with Crippen LogP contribution in [0.15, 0.2) is 36.4 Å². The molecule has 0 spiro atoms. The first kappa shape index (κ1) is 14.0. The van der Waals surface area contributed by atoms with E-state index in [1.165, 1.54) is 0 Å². The van der Waals surface area contributed by atoms with Gasteiger partial charge in [-0.3, -0.25) is 4.79 Å². The minimum Gasteiger partial charge on any atom is -0.294 e. The maximum Gasteiger partial charge on any atom is 0.168 e. The Balaban J connectivity index is 2.31. The average molecular weight is 301 g/mol. The second kappa shape index (κ2) is 5.68. The van der Waals surface area contributed by atoms with E-state index in [-0.39, 0.29) is 17.0 Å². The molecule has 19 heavy (non-hydrogen) atoms. The first-order valence-corrected chi connectivity index (χ1v) is 6.16. The highest BCUT2D eigenvalue weighted by atomic mass is 35.5. The first-order valence-electron chi connectivity index (χ1n) is 5.40. The molecule has 0 unspecified atom stereocenters. The highest BCUT2D eigenvalue weighted by Gasteiger charge is 2.16. The van der Waals surface area contributed by atoms with Crippen LogP contribution >= 0.6 is 23.2 Å². The molecular weight excluding hydrogens is 293 g/mol. The summed E-state index contributed by atoms with van der Waals surface area (Å²) in [5.74, 6) is -2.61. The largest absolute Gasteiger partial charge is 0.294 e. The van der Waals surface area contributed by atoms with E-state index in [4.69, 9.17) is 23.2 Å². The Morgan fingerprint density at radius 2 is 1.63 bits per heavy atom. The van der Waals surface area contributed by atoms with Crippen LogP contribution in [0.1, 0.15) is 15.9 Å². The van der Waals surface area contributed by atoms with Crippen LogP contribution in [0.2, 0.25) is 10.0 Å². The predicted octanol–water partition coefficient (Wildman–Crippen LogP) is 4.70. The van der Waals surface area contributed by atoms with E-state index in [1.807, 2.05) is 0 Å². The average Bonchev–Trinajstić information content (AvgIpc) is 2.36. The van der Waals surface area contributed by atoms with Gasteiger partial charge in [0.15, 0.2) is 17.4 Å². The van der Waals surface area contributed by atoms with Crippen molar-refractivity contribution < 1.29 is 13.6 Å². The van der Waals surface area contributed by atoms with Crippen molar-refractivity contribution in [3.8, 4) is 0 Å². The van der Waals surface area contributed by atoms with Crippen LogP contribution in [0.3, 0.4) is 0 Å². The highest BCUT2D eigenvalue weighted by molar-refractivity contribution is 6.34. The van der Waals surface area contributed by atoms with E-state index in [1.54, 1.807) is 24.3 Å². The van der Waals surface area contributed by atoms with Gasteiger partial charge in [0.1, 0.15) is 0 Å². The molecule has 0 N–H and O–H groups in total. The van der Waals surface area contributed by atoms with Crippen LogP contribution in [0.4, 0.5) is 8.78 Å². The number of hydrogen-bond acceptors (Lipinski definition) is 1. The molecule has 0 bridgehead atoms. The second-order valence-electron chi connectivity index (χ2n) is 3.94. The van der Waals surface area contributed by atoms with Crippen molar-refractivity contribution in [3.63, 3.8) is 0 Å². The minimum atomic E-state index is -1.10. The molecule has 2 aromatic rings. The number of carbonyl (C=O) groups excluding carboxylic acids is 1. The zero-order chi connectivity index (χ0) is 14.0. The molecular formula is C14H8Cl2F2O. The van der Waals surface area contributed by atoms with Crippen molar-refractivity contribution in [2.45, 2.75) is 6.42 Å². The SMILES string of the molecule is O=C(Cc1ccccc1Cl)c1cc(F)c(F)cc1Cl. The van der Waals surface area contributed by atoms with Crippen LogP contribution in [-0.4, -0.2) is 5.78 Å². The quantitative estimate of drug-likeness (QED) is 0.593. The van der Waals surface area contributed by atoms with Gasteiger partial charge in [-0.2, -0.15) is 0 Å². The Labute approximate surface area is 118 Å². The van der Waals surface area contributed by atoms with Crippen molar-refractivity contribution in [1.29, 1.82) is 0 Å². The molecule has 1 nitrogen and oxygen atoms in total. The number of halogens is 4. The van der Waals surface area contributed by atoms with Gasteiger partial charge in [-0.05, 0) is 23.8 Å². The molecule has 0 fully saturated rings. The molecule has 0 aliphatic heterocycles. The molecule has 0 saturated heterocycles. The van der Waals surface area contributed by atoms with Gasteiger partial charge < -0.3 is 0 Å². The van der Waals surface area contributed by atoms with Crippen LogP contribution in [-0.2, 0) is 6.42 Å². The summed E-state index contributed by atoms with van der Waals surface area (Å²) in [6.07, 6.45) is -0.0233. The van der Waals surface area contributed by atoms with Crippen molar-refractivity contribution >= 4 is 29.0 Å². The fourth-order valence-corrected chi connectivity index (χ4v) is 2.10. The Bertz CT molecular complexity index is 641. The summed E-state index contributed by atoms with van der Waals surface area (Å²) in [5.41, 5.74) is 0.551. The molecule has 0 radical (unpaired) electrons. The van der Waals surface area contributed by atoms with E-state index >= 15 is 0 Å². The van der Waals surface area contributed by atoms with Crippen molar-refractivity contribution in [2.24, 2.45) is 0 Å². The number of Topliss-reactive ketones (excluding diaryl/α,β-unsaturated/α-hetero) is 1. The van der Waals surface area contributed by atoms with Gasteiger partial charge in [-0.15, -0.1) is 0 Å². The zero-order valence-corrected chi connectivity index (χ0v) is 11.1. The fraction of sp³-hybridized carbons (Fsp3) is 0.0714. The van der Waals surface area contributed by atoms with Gasteiger partial charge in [-0.1, -0.05) is 41.4 Å². The van der Waals surface area contributed by atoms with Gasteiger partial charge >= 0.3 is 0 Å². The van der Waals surface area contributed by atoms with Gasteiger partial charge in [-0.25, -0.2) is 8.78 Å². The summed E-state index contributed by atoms with van der Waals surface area (Å²) in [5, 5.41) is 0.325. The van der Waals surface area contributed by atoms with Crippen molar-refractivity contribution in [2.75, 3.05) is 0 Å². The topological polar surface area (TPSA) is 17.1 Å². The van der Waals surface area contributed by atoms with Crippen LogP contribution in [0.25, 0.3) is 0 Å². The minimum absolute atomic E-state index is 0.0233. The summed E-state index contributed by atoms with van der Waals surface area (Å²) in [6, 6.07) is 8.40. The zero-order valence-electron chi connectivity index (χ0n) is 9.59. The maximum atomic E-state index is 13.1. The van der Waals surface area contributed by atoms with E-state index < -0.39 is 17.4 Å². The molecule has 0 saturated carbocycles. The lowest BCUT2D eigenvalue weighted by Gasteiger charge is -2.06. The number of carbonyl (C=O) groups is 1. The Morgan fingerprint density at radius 3 is 2.32 bits per heavy atom. The van der Waals surface area contributed by atoms with Crippen molar-refractivity contribution in [1.82, 2.24) is 0 Å². The monoisotopic (exact) mass is 300 g/mol. The van der Waals surface area contributed by atoms with E-state index in [9.17, 15) is 13.6 Å².